The molecule has 0 spiro atoms. The molecule has 2 aromatic heterocycles. The molecule has 4 rings (SSSR count). The fraction of sp³-hybridized carbons (Fsp3) is 0.667. The molecule has 1 aliphatic carbocycles. The highest BCUT2D eigenvalue weighted by Crippen LogP contribution is 2.31. The molecule has 1 unspecified atom stereocenters. The first-order valence-corrected chi connectivity index (χ1v) is 10.7. The lowest BCUT2D eigenvalue weighted by atomic mass is 10.1. The Kier molecular flexibility index (Phi) is 5.92. The van der Waals surface area contributed by atoms with E-state index in [0.717, 1.165) is 43.8 Å². The number of aromatic nitrogens is 3. The Bertz CT molecular complexity index is 804. The van der Waals surface area contributed by atoms with Gasteiger partial charge in [-0.2, -0.15) is 0 Å². The molecular formula is C21H32N6O. The van der Waals surface area contributed by atoms with Crippen LogP contribution < -0.4 is 5.32 Å². The normalized spacial score (nSPS) is 20.6. The number of piperazine rings is 1. The molecule has 152 valence electrons. The highest BCUT2D eigenvalue weighted by Gasteiger charge is 2.23. The topological polar surface area (TPSA) is 66.3 Å². The monoisotopic (exact) mass is 384 g/mol. The third-order valence-electron chi connectivity index (χ3n) is 6.42. The van der Waals surface area contributed by atoms with Crippen molar-refractivity contribution < 1.29 is 4.79 Å². The first-order valence-electron chi connectivity index (χ1n) is 10.7. The van der Waals surface area contributed by atoms with Crippen molar-refractivity contribution in [1.29, 1.82) is 0 Å². The third-order valence-corrected chi connectivity index (χ3v) is 6.42. The highest BCUT2D eigenvalue weighted by atomic mass is 16.1. The number of imidazole rings is 1. The van der Waals surface area contributed by atoms with Crippen molar-refractivity contribution in [1.82, 2.24) is 29.7 Å². The van der Waals surface area contributed by atoms with E-state index in [0.29, 0.717) is 24.2 Å². The van der Waals surface area contributed by atoms with Crippen molar-refractivity contribution in [3.63, 3.8) is 0 Å². The largest absolute Gasteiger partial charge is 0.350 e. The predicted molar refractivity (Wildman–Crippen MR) is 111 cm³/mol. The number of hydrogen-bond acceptors (Lipinski definition) is 5. The summed E-state index contributed by atoms with van der Waals surface area (Å²) in [4.78, 5) is 26.6. The van der Waals surface area contributed by atoms with Crippen LogP contribution in [-0.4, -0.2) is 76.1 Å². The number of rotatable bonds is 6. The fourth-order valence-corrected chi connectivity index (χ4v) is 4.52. The molecule has 0 bridgehead atoms. The quantitative estimate of drug-likeness (QED) is 0.828. The number of amides is 1. The minimum absolute atomic E-state index is 0.0580. The van der Waals surface area contributed by atoms with Crippen LogP contribution in [0.2, 0.25) is 0 Å². The van der Waals surface area contributed by atoms with Gasteiger partial charge in [0, 0.05) is 51.0 Å². The van der Waals surface area contributed by atoms with Crippen LogP contribution in [0.25, 0.3) is 11.2 Å². The van der Waals surface area contributed by atoms with Crippen molar-refractivity contribution in [2.75, 3.05) is 39.8 Å². The molecule has 7 heteroatoms. The summed E-state index contributed by atoms with van der Waals surface area (Å²) in [6.45, 7) is 7.18. The number of pyridine rings is 1. The molecule has 1 atom stereocenters. The molecule has 1 saturated heterocycles. The Morgan fingerprint density at radius 2 is 1.96 bits per heavy atom. The van der Waals surface area contributed by atoms with Crippen LogP contribution in [0.5, 0.6) is 0 Å². The van der Waals surface area contributed by atoms with Gasteiger partial charge in [0.1, 0.15) is 5.52 Å². The minimum Gasteiger partial charge on any atom is -0.350 e. The number of fused-ring (bicyclic) bond motifs is 1. The van der Waals surface area contributed by atoms with E-state index >= 15 is 0 Å². The molecule has 2 aliphatic rings. The maximum absolute atomic E-state index is 12.7. The lowest BCUT2D eigenvalue weighted by Gasteiger charge is -2.37. The lowest BCUT2D eigenvalue weighted by Crippen LogP contribution is -2.52. The average Bonchev–Trinajstić information content (AvgIpc) is 3.38. The van der Waals surface area contributed by atoms with Crippen molar-refractivity contribution in [2.45, 2.75) is 51.1 Å². The molecule has 7 nitrogen and oxygen atoms in total. The standard InChI is InChI=1S/C21H32N6O/c1-3-17(26-10-8-25(2)9-11-26)14-23-21(28)16-12-19-20(22-13-16)27(15-24-19)18-6-4-5-7-18/h12-13,15,17-18H,3-11,14H2,1-2H3,(H,23,28). The van der Waals surface area contributed by atoms with Crippen molar-refractivity contribution in [2.24, 2.45) is 0 Å². The average molecular weight is 385 g/mol. The van der Waals surface area contributed by atoms with Gasteiger partial charge in [-0.1, -0.05) is 19.8 Å². The van der Waals surface area contributed by atoms with Crippen molar-refractivity contribution in [3.05, 3.63) is 24.2 Å². The molecule has 3 heterocycles. The maximum atomic E-state index is 12.7. The highest BCUT2D eigenvalue weighted by molar-refractivity contribution is 5.96. The molecule has 1 amide bonds. The molecule has 1 aliphatic heterocycles. The SMILES string of the molecule is CCC(CNC(=O)c1cnc2c(c1)ncn2C1CCCC1)N1CCN(C)CC1. The molecule has 1 N–H and O–H groups in total. The number of carbonyl (C=O) groups excluding carboxylic acids is 1. The smallest absolute Gasteiger partial charge is 0.252 e. The number of nitrogens with zero attached hydrogens (tertiary/aromatic N) is 5. The Morgan fingerprint density at radius 3 is 2.68 bits per heavy atom. The fourth-order valence-electron chi connectivity index (χ4n) is 4.52. The van der Waals surface area contributed by atoms with Gasteiger partial charge < -0.3 is 14.8 Å². The van der Waals surface area contributed by atoms with E-state index in [1.165, 1.54) is 25.7 Å². The summed E-state index contributed by atoms with van der Waals surface area (Å²) < 4.78 is 2.19. The first-order chi connectivity index (χ1) is 13.7. The Labute approximate surface area is 167 Å². The van der Waals surface area contributed by atoms with Gasteiger partial charge in [0.2, 0.25) is 0 Å². The van der Waals surface area contributed by atoms with E-state index in [4.69, 9.17) is 0 Å². The molecule has 1 saturated carbocycles. The Hall–Kier alpha value is -1.99. The molecule has 2 fully saturated rings. The zero-order chi connectivity index (χ0) is 19.5. The molecule has 0 radical (unpaired) electrons. The van der Waals surface area contributed by atoms with E-state index in [1.54, 1.807) is 6.20 Å². The van der Waals surface area contributed by atoms with Crippen LogP contribution in [0.1, 0.15) is 55.4 Å². The van der Waals surface area contributed by atoms with E-state index in [2.05, 4.69) is 43.6 Å². The van der Waals surface area contributed by atoms with Crippen LogP contribution in [-0.2, 0) is 0 Å². The molecule has 2 aromatic rings. The van der Waals surface area contributed by atoms with Crippen LogP contribution in [0.4, 0.5) is 0 Å². The van der Waals surface area contributed by atoms with Gasteiger partial charge in [0.15, 0.2) is 5.65 Å². The molecule has 0 aromatic carbocycles. The molecular weight excluding hydrogens is 352 g/mol. The Balaban J connectivity index is 1.39. The summed E-state index contributed by atoms with van der Waals surface area (Å²) in [7, 11) is 2.16. The summed E-state index contributed by atoms with van der Waals surface area (Å²) in [6.07, 6.45) is 9.55. The maximum Gasteiger partial charge on any atom is 0.252 e. The zero-order valence-corrected chi connectivity index (χ0v) is 17.1. The van der Waals surface area contributed by atoms with Crippen molar-refractivity contribution in [3.8, 4) is 0 Å². The first kappa shape index (κ1) is 19.3. The van der Waals surface area contributed by atoms with Gasteiger partial charge >= 0.3 is 0 Å². The summed E-state index contributed by atoms with van der Waals surface area (Å²) >= 11 is 0. The minimum atomic E-state index is -0.0580. The summed E-state index contributed by atoms with van der Waals surface area (Å²) in [5.41, 5.74) is 2.30. The summed E-state index contributed by atoms with van der Waals surface area (Å²) in [5, 5.41) is 3.12. The number of nitrogens with one attached hydrogen (secondary N) is 1. The number of hydrogen-bond donors (Lipinski definition) is 1. The predicted octanol–water partition coefficient (Wildman–Crippen LogP) is 2.30. The van der Waals surface area contributed by atoms with Gasteiger partial charge in [-0.25, -0.2) is 9.97 Å². The lowest BCUT2D eigenvalue weighted by molar-refractivity contribution is 0.0881. The van der Waals surface area contributed by atoms with Crippen molar-refractivity contribution >= 4 is 17.1 Å². The van der Waals surface area contributed by atoms with E-state index in [1.807, 2.05) is 12.4 Å². The Morgan fingerprint density at radius 1 is 1.21 bits per heavy atom. The van der Waals surface area contributed by atoms with E-state index in [9.17, 15) is 4.79 Å². The van der Waals surface area contributed by atoms with E-state index < -0.39 is 0 Å². The van der Waals surface area contributed by atoms with Crippen LogP contribution in [0.15, 0.2) is 18.6 Å². The van der Waals surface area contributed by atoms with Gasteiger partial charge in [0.25, 0.3) is 5.91 Å². The zero-order valence-electron chi connectivity index (χ0n) is 17.1. The van der Waals surface area contributed by atoms with Gasteiger partial charge in [-0.15, -0.1) is 0 Å². The summed E-state index contributed by atoms with van der Waals surface area (Å²) in [6, 6.07) is 2.77. The second-order valence-electron chi connectivity index (χ2n) is 8.27. The van der Waals surface area contributed by atoms with Gasteiger partial charge in [-0.3, -0.25) is 9.69 Å². The van der Waals surface area contributed by atoms with E-state index in [-0.39, 0.29) is 5.91 Å². The van der Waals surface area contributed by atoms with Crippen LogP contribution >= 0.6 is 0 Å². The number of likely N-dealkylation sites (N-methyl/N-ethyl adjacent to an activating group) is 1. The second kappa shape index (κ2) is 8.57. The summed E-state index contributed by atoms with van der Waals surface area (Å²) in [5.74, 6) is -0.0580. The van der Waals surface area contributed by atoms with Gasteiger partial charge in [0.05, 0.1) is 11.9 Å². The van der Waals surface area contributed by atoms with Crippen LogP contribution in [0.3, 0.4) is 0 Å². The third kappa shape index (κ3) is 4.05. The van der Waals surface area contributed by atoms with Crippen LogP contribution in [0, 0.1) is 0 Å². The number of carbonyl (C=O) groups is 1. The molecule has 28 heavy (non-hydrogen) atoms. The van der Waals surface area contributed by atoms with Gasteiger partial charge in [-0.05, 0) is 32.4 Å². The second-order valence-corrected chi connectivity index (χ2v) is 8.27.